The topological polar surface area (TPSA) is 42.2 Å². The van der Waals surface area contributed by atoms with E-state index in [1.165, 1.54) is 12.8 Å². The third-order valence-electron chi connectivity index (χ3n) is 1.94. The smallest absolute Gasteiger partial charge is 0.0808 e. The van der Waals surface area contributed by atoms with E-state index in [1.807, 2.05) is 6.07 Å². The summed E-state index contributed by atoms with van der Waals surface area (Å²) >= 11 is 0. The van der Waals surface area contributed by atoms with Crippen molar-refractivity contribution in [2.24, 2.45) is 0 Å². The second kappa shape index (κ2) is 5.99. The van der Waals surface area contributed by atoms with E-state index in [0.717, 1.165) is 13.0 Å². The summed E-state index contributed by atoms with van der Waals surface area (Å²) < 4.78 is 10.7. The molecule has 1 aliphatic rings. The maximum atomic E-state index is 8.24. The molecule has 1 heterocycles. The molecule has 0 saturated carbocycles. The minimum absolute atomic E-state index is 0.275. The van der Waals surface area contributed by atoms with Crippen LogP contribution in [0, 0.1) is 11.3 Å². The molecule has 3 nitrogen and oxygen atoms in total. The summed E-state index contributed by atoms with van der Waals surface area (Å²) in [5, 5.41) is 8.24. The minimum atomic E-state index is 0.275. The number of hydrogen-bond acceptors (Lipinski definition) is 3. The van der Waals surface area contributed by atoms with Crippen molar-refractivity contribution in [1.82, 2.24) is 0 Å². The fourth-order valence-electron chi connectivity index (χ4n) is 1.27. The molecule has 1 unspecified atom stereocenters. The second-order valence-electron chi connectivity index (χ2n) is 2.97. The zero-order chi connectivity index (χ0) is 8.65. The Morgan fingerprint density at radius 1 is 1.50 bits per heavy atom. The van der Waals surface area contributed by atoms with E-state index in [0.29, 0.717) is 19.6 Å². The van der Waals surface area contributed by atoms with Crippen molar-refractivity contribution in [2.75, 3.05) is 19.8 Å². The van der Waals surface area contributed by atoms with E-state index in [4.69, 9.17) is 14.7 Å². The zero-order valence-corrected chi connectivity index (χ0v) is 7.29. The molecule has 0 N–H and O–H groups in total. The fourth-order valence-corrected chi connectivity index (χ4v) is 1.27. The molecule has 0 aliphatic carbocycles. The van der Waals surface area contributed by atoms with Gasteiger partial charge in [-0.2, -0.15) is 5.26 Å². The molecule has 1 rings (SSSR count). The average molecular weight is 169 g/mol. The molecule has 0 aromatic rings. The highest BCUT2D eigenvalue weighted by Crippen LogP contribution is 2.12. The van der Waals surface area contributed by atoms with Gasteiger partial charge in [0.15, 0.2) is 0 Å². The standard InChI is InChI=1S/C9H15NO2/c10-5-3-6-11-8-9-4-1-2-7-12-9/h9H,1-4,6-8H2. The van der Waals surface area contributed by atoms with E-state index < -0.39 is 0 Å². The van der Waals surface area contributed by atoms with Gasteiger partial charge in [-0.3, -0.25) is 0 Å². The van der Waals surface area contributed by atoms with Gasteiger partial charge in [0.1, 0.15) is 0 Å². The molecule has 1 aliphatic heterocycles. The number of rotatable bonds is 4. The summed E-state index contributed by atoms with van der Waals surface area (Å²) in [7, 11) is 0. The molecule has 0 aromatic carbocycles. The van der Waals surface area contributed by atoms with Crippen LogP contribution in [-0.4, -0.2) is 25.9 Å². The lowest BCUT2D eigenvalue weighted by molar-refractivity contribution is -0.0395. The first-order chi connectivity index (χ1) is 5.93. The SMILES string of the molecule is N#CCCOCC1CCCCO1. The maximum Gasteiger partial charge on any atom is 0.0808 e. The van der Waals surface area contributed by atoms with Crippen molar-refractivity contribution in [3.05, 3.63) is 0 Å². The van der Waals surface area contributed by atoms with Crippen molar-refractivity contribution < 1.29 is 9.47 Å². The minimum Gasteiger partial charge on any atom is -0.378 e. The lowest BCUT2D eigenvalue weighted by Gasteiger charge is -2.21. The van der Waals surface area contributed by atoms with Gasteiger partial charge in [0.25, 0.3) is 0 Å². The lowest BCUT2D eigenvalue weighted by atomic mass is 10.1. The highest BCUT2D eigenvalue weighted by molar-refractivity contribution is 4.68. The van der Waals surface area contributed by atoms with E-state index in [2.05, 4.69) is 0 Å². The first-order valence-corrected chi connectivity index (χ1v) is 4.50. The highest BCUT2D eigenvalue weighted by Gasteiger charge is 2.13. The van der Waals surface area contributed by atoms with Gasteiger partial charge in [-0.05, 0) is 19.3 Å². The van der Waals surface area contributed by atoms with Crippen molar-refractivity contribution in [1.29, 1.82) is 5.26 Å². The molecule has 0 bridgehead atoms. The van der Waals surface area contributed by atoms with Crippen molar-refractivity contribution in [2.45, 2.75) is 31.8 Å². The summed E-state index contributed by atoms with van der Waals surface area (Å²) in [5.74, 6) is 0. The number of nitriles is 1. The Labute approximate surface area is 73.3 Å². The highest BCUT2D eigenvalue weighted by atomic mass is 16.5. The molecule has 0 amide bonds. The Balaban J connectivity index is 1.95. The maximum absolute atomic E-state index is 8.24. The van der Waals surface area contributed by atoms with Gasteiger partial charge >= 0.3 is 0 Å². The van der Waals surface area contributed by atoms with Crippen LogP contribution in [0.5, 0.6) is 0 Å². The summed E-state index contributed by atoms with van der Waals surface area (Å²) in [4.78, 5) is 0. The van der Waals surface area contributed by atoms with Crippen molar-refractivity contribution >= 4 is 0 Å². The first-order valence-electron chi connectivity index (χ1n) is 4.50. The molecule has 0 spiro atoms. The average Bonchev–Trinajstić information content (AvgIpc) is 2.14. The van der Waals surface area contributed by atoms with Gasteiger partial charge in [0, 0.05) is 6.61 Å². The van der Waals surface area contributed by atoms with Crippen LogP contribution in [-0.2, 0) is 9.47 Å². The Hall–Kier alpha value is -0.590. The molecule has 1 atom stereocenters. The van der Waals surface area contributed by atoms with Gasteiger partial charge in [-0.25, -0.2) is 0 Å². The largest absolute Gasteiger partial charge is 0.378 e. The van der Waals surface area contributed by atoms with Crippen LogP contribution in [0.15, 0.2) is 0 Å². The van der Waals surface area contributed by atoms with Gasteiger partial charge in [-0.1, -0.05) is 0 Å². The first kappa shape index (κ1) is 9.50. The van der Waals surface area contributed by atoms with E-state index in [-0.39, 0.29) is 6.10 Å². The summed E-state index contributed by atoms with van der Waals surface area (Å²) in [6.45, 7) is 2.06. The molecule has 12 heavy (non-hydrogen) atoms. The van der Waals surface area contributed by atoms with E-state index in [1.54, 1.807) is 0 Å². The molecule has 1 fully saturated rings. The molecule has 68 valence electrons. The molecule has 3 heteroatoms. The van der Waals surface area contributed by atoms with E-state index in [9.17, 15) is 0 Å². The Morgan fingerprint density at radius 2 is 2.42 bits per heavy atom. The third kappa shape index (κ3) is 3.70. The lowest BCUT2D eigenvalue weighted by Crippen LogP contribution is -2.24. The van der Waals surface area contributed by atoms with Crippen LogP contribution in [0.25, 0.3) is 0 Å². The zero-order valence-electron chi connectivity index (χ0n) is 7.29. The van der Waals surface area contributed by atoms with Crippen LogP contribution >= 0.6 is 0 Å². The summed E-state index contributed by atoms with van der Waals surface area (Å²) in [6, 6.07) is 2.04. The quantitative estimate of drug-likeness (QED) is 0.599. The van der Waals surface area contributed by atoms with Gasteiger partial charge in [-0.15, -0.1) is 0 Å². The van der Waals surface area contributed by atoms with Gasteiger partial charge in [0.2, 0.25) is 0 Å². The second-order valence-corrected chi connectivity index (χ2v) is 2.97. The third-order valence-corrected chi connectivity index (χ3v) is 1.94. The van der Waals surface area contributed by atoms with Crippen LogP contribution in [0.3, 0.4) is 0 Å². The van der Waals surface area contributed by atoms with Gasteiger partial charge in [0.05, 0.1) is 31.8 Å². The Bertz CT molecular complexity index is 147. The number of ether oxygens (including phenoxy) is 2. The molecular weight excluding hydrogens is 154 g/mol. The van der Waals surface area contributed by atoms with Crippen LogP contribution < -0.4 is 0 Å². The molecule has 0 aromatic heterocycles. The number of hydrogen-bond donors (Lipinski definition) is 0. The normalized spacial score (nSPS) is 23.4. The molecular formula is C9H15NO2. The van der Waals surface area contributed by atoms with Crippen LogP contribution in [0.1, 0.15) is 25.7 Å². The fraction of sp³-hybridized carbons (Fsp3) is 0.889. The predicted molar refractivity (Wildman–Crippen MR) is 44.6 cm³/mol. The molecule has 0 radical (unpaired) electrons. The van der Waals surface area contributed by atoms with E-state index >= 15 is 0 Å². The van der Waals surface area contributed by atoms with Crippen molar-refractivity contribution in [3.63, 3.8) is 0 Å². The summed E-state index contributed by atoms with van der Waals surface area (Å²) in [6.07, 6.45) is 4.28. The molecule has 1 saturated heterocycles. The van der Waals surface area contributed by atoms with Crippen LogP contribution in [0.2, 0.25) is 0 Å². The predicted octanol–water partition coefficient (Wildman–Crippen LogP) is 1.49. The summed E-state index contributed by atoms with van der Waals surface area (Å²) in [5.41, 5.74) is 0. The van der Waals surface area contributed by atoms with Gasteiger partial charge < -0.3 is 9.47 Å². The Morgan fingerprint density at radius 3 is 3.08 bits per heavy atom. The monoisotopic (exact) mass is 169 g/mol. The van der Waals surface area contributed by atoms with Crippen molar-refractivity contribution in [3.8, 4) is 6.07 Å². The Kier molecular flexibility index (Phi) is 4.74. The van der Waals surface area contributed by atoms with Crippen LogP contribution in [0.4, 0.5) is 0 Å². The number of nitrogens with zero attached hydrogens (tertiary/aromatic N) is 1.